The van der Waals surface area contributed by atoms with Gasteiger partial charge in [0.15, 0.2) is 10.2 Å². The first-order valence-corrected chi connectivity index (χ1v) is 31.0. The van der Waals surface area contributed by atoms with E-state index in [0.717, 1.165) is 21.3 Å². The van der Waals surface area contributed by atoms with Crippen molar-refractivity contribution >= 4 is 136 Å². The van der Waals surface area contributed by atoms with Gasteiger partial charge in [0.2, 0.25) is 0 Å². The summed E-state index contributed by atoms with van der Waals surface area (Å²) in [5.74, 6) is 0. The van der Waals surface area contributed by atoms with Crippen LogP contribution in [-0.2, 0) is 22.4 Å². The highest BCUT2D eigenvalue weighted by atomic mass is 32.2. The summed E-state index contributed by atoms with van der Waals surface area (Å²) in [6, 6.07) is 36.1. The van der Waals surface area contributed by atoms with Gasteiger partial charge in [-0.25, -0.2) is 0 Å². The van der Waals surface area contributed by atoms with Crippen LogP contribution < -0.4 is 0 Å². The summed E-state index contributed by atoms with van der Waals surface area (Å²) >= 11 is 19.4. The molecule has 0 saturated carbocycles. The molecule has 0 atom stereocenters. The van der Waals surface area contributed by atoms with Gasteiger partial charge < -0.3 is 0 Å². The van der Waals surface area contributed by atoms with Crippen molar-refractivity contribution in [1.29, 1.82) is 0 Å². The third kappa shape index (κ3) is 11.5. The highest BCUT2D eigenvalue weighted by Gasteiger charge is 2.24. The third-order valence-electron chi connectivity index (χ3n) is 10.9. The van der Waals surface area contributed by atoms with E-state index in [4.69, 9.17) is 0 Å². The van der Waals surface area contributed by atoms with Crippen molar-refractivity contribution in [2.45, 2.75) is 100 Å². The SMILES string of the molecule is CCCCCCc1c(-c2ccc(-c3ccc(-c4ccc(-c5ccc(SC(C)=O)s5)s4)s3)s2)sc(-c2ccc(-c3ccc(-c4ccc(-c5ccc(SC(C)=O)s5)s4)s3)s2)c1CCCCCC. The number of unbranched alkanes of at least 4 members (excludes halogenated alkanes) is 6. The number of rotatable bonds is 20. The molecule has 0 N–H and O–H groups in total. The van der Waals surface area contributed by atoms with Crippen LogP contribution in [0.5, 0.6) is 0 Å². The molecule has 334 valence electrons. The molecular formula is C52H48O2S11. The van der Waals surface area contributed by atoms with E-state index >= 15 is 0 Å². The van der Waals surface area contributed by atoms with Crippen molar-refractivity contribution in [3.05, 3.63) is 108 Å². The van der Waals surface area contributed by atoms with Gasteiger partial charge in [0, 0.05) is 91.9 Å². The van der Waals surface area contributed by atoms with Gasteiger partial charge in [-0.05, 0) is 157 Å². The Hall–Kier alpha value is -2.66. The lowest BCUT2D eigenvalue weighted by Gasteiger charge is -2.09. The van der Waals surface area contributed by atoms with Gasteiger partial charge in [-0.1, -0.05) is 52.4 Å². The molecule has 0 aliphatic carbocycles. The summed E-state index contributed by atoms with van der Waals surface area (Å²) < 4.78 is 2.10. The Labute approximate surface area is 427 Å². The van der Waals surface area contributed by atoms with Crippen LogP contribution in [0.1, 0.15) is 90.2 Å². The van der Waals surface area contributed by atoms with Gasteiger partial charge >= 0.3 is 0 Å². The second-order valence-corrected chi connectivity index (χ2v) is 28.4. The van der Waals surface area contributed by atoms with E-state index in [1.54, 1.807) is 47.6 Å². The highest BCUT2D eigenvalue weighted by Crippen LogP contribution is 2.52. The van der Waals surface area contributed by atoms with Crippen LogP contribution in [0, 0.1) is 0 Å². The molecule has 13 heteroatoms. The summed E-state index contributed by atoms with van der Waals surface area (Å²) in [5.41, 5.74) is 3.20. The van der Waals surface area contributed by atoms with Crippen molar-refractivity contribution in [2.75, 3.05) is 0 Å². The van der Waals surface area contributed by atoms with Gasteiger partial charge in [0.1, 0.15) is 0 Å². The summed E-state index contributed by atoms with van der Waals surface area (Å²) in [5, 5.41) is 0.253. The van der Waals surface area contributed by atoms with Crippen molar-refractivity contribution in [3.63, 3.8) is 0 Å². The van der Waals surface area contributed by atoms with Crippen molar-refractivity contribution < 1.29 is 9.59 Å². The summed E-state index contributed by atoms with van der Waals surface area (Å²) in [4.78, 5) is 44.5. The average Bonchev–Trinajstić information content (AvgIpc) is 4.13. The average molecular weight is 1060 g/mol. The van der Waals surface area contributed by atoms with E-state index in [0.29, 0.717) is 0 Å². The molecule has 0 aromatic carbocycles. The predicted molar refractivity (Wildman–Crippen MR) is 300 cm³/mol. The fourth-order valence-electron chi connectivity index (χ4n) is 7.78. The monoisotopic (exact) mass is 1060 g/mol. The largest absolute Gasteiger partial charge is 0.287 e. The first-order chi connectivity index (χ1) is 31.7. The van der Waals surface area contributed by atoms with Gasteiger partial charge in [-0.2, -0.15) is 0 Å². The summed E-state index contributed by atoms with van der Waals surface area (Å²) in [7, 11) is 0. The molecule has 0 bridgehead atoms. The Morgan fingerprint density at radius 2 is 0.600 bits per heavy atom. The third-order valence-corrected chi connectivity index (χ3v) is 24.2. The zero-order valence-corrected chi connectivity index (χ0v) is 45.6. The van der Waals surface area contributed by atoms with Crippen molar-refractivity contribution in [3.8, 4) is 78.0 Å². The first-order valence-electron chi connectivity index (χ1n) is 22.1. The van der Waals surface area contributed by atoms with Crippen LogP contribution in [0.2, 0.25) is 0 Å². The molecule has 9 aromatic heterocycles. The molecule has 0 aliphatic heterocycles. The first kappa shape index (κ1) is 47.4. The number of hydrogen-bond donors (Lipinski definition) is 0. The second kappa shape index (κ2) is 22.2. The van der Waals surface area contributed by atoms with Crippen molar-refractivity contribution in [2.24, 2.45) is 0 Å². The molecule has 9 rings (SSSR count). The number of carbonyl (C=O) groups is 2. The van der Waals surface area contributed by atoms with E-state index in [1.165, 1.54) is 153 Å². The number of thiophene rings is 9. The lowest BCUT2D eigenvalue weighted by molar-refractivity contribution is -0.109. The molecular weight excluding hydrogens is 1010 g/mol. The Morgan fingerprint density at radius 3 is 0.892 bits per heavy atom. The Morgan fingerprint density at radius 1 is 0.338 bits per heavy atom. The molecule has 9 aromatic rings. The van der Waals surface area contributed by atoms with Gasteiger partial charge in [-0.3, -0.25) is 9.59 Å². The topological polar surface area (TPSA) is 34.1 Å². The van der Waals surface area contributed by atoms with E-state index in [9.17, 15) is 9.59 Å². The smallest absolute Gasteiger partial charge is 0.191 e. The lowest BCUT2D eigenvalue weighted by Crippen LogP contribution is -1.95. The zero-order chi connectivity index (χ0) is 44.9. The fourth-order valence-corrected chi connectivity index (χ4v) is 19.9. The molecule has 0 saturated heterocycles. The van der Waals surface area contributed by atoms with Crippen molar-refractivity contribution in [1.82, 2.24) is 0 Å². The van der Waals surface area contributed by atoms with Gasteiger partial charge in [0.25, 0.3) is 0 Å². The zero-order valence-electron chi connectivity index (χ0n) is 36.6. The van der Waals surface area contributed by atoms with Crippen LogP contribution in [0.15, 0.2) is 105 Å². The number of hydrogen-bond acceptors (Lipinski definition) is 13. The quantitative estimate of drug-likeness (QED) is 0.0563. The van der Waals surface area contributed by atoms with E-state index in [2.05, 4.69) is 111 Å². The Bertz CT molecular complexity index is 2810. The molecule has 9 heterocycles. The number of carbonyl (C=O) groups excluding carboxylic acids is 2. The summed E-state index contributed by atoms with van der Waals surface area (Å²) in [6.45, 7) is 7.87. The Balaban J connectivity index is 0.989. The lowest BCUT2D eigenvalue weighted by atomic mass is 9.96. The highest BCUT2D eigenvalue weighted by molar-refractivity contribution is 8.15. The summed E-state index contributed by atoms with van der Waals surface area (Å²) in [6.07, 6.45) is 12.4. The van der Waals surface area contributed by atoms with E-state index in [1.807, 2.05) is 79.4 Å². The van der Waals surface area contributed by atoms with Crippen LogP contribution in [-0.4, -0.2) is 10.2 Å². The maximum absolute atomic E-state index is 11.7. The molecule has 0 aliphatic rings. The van der Waals surface area contributed by atoms with Gasteiger partial charge in [0.05, 0.1) is 8.42 Å². The molecule has 65 heavy (non-hydrogen) atoms. The fraction of sp³-hybridized carbons (Fsp3) is 0.269. The molecule has 0 amide bonds. The standard InChI is InChI=1S/C52H48O2S11/c1-5-7-9-11-13-33-34(14-12-10-8-6-2)52(48-26-24-42(62-48)40-18-16-36(58-40)38-20-22-44(60-38)46-28-30-50(64-46)56-32(4)54)65-51(33)47-25-23-41(61-47)39-17-15-35(57-39)37-19-21-43(59-37)45-27-29-49(63-45)55-31(3)53/h15-30H,5-14H2,1-4H3. The number of thioether (sulfide) groups is 2. The molecule has 0 spiro atoms. The van der Waals surface area contributed by atoms with Crippen LogP contribution in [0.3, 0.4) is 0 Å². The molecule has 2 nitrogen and oxygen atoms in total. The normalized spacial score (nSPS) is 11.6. The Kier molecular flexibility index (Phi) is 16.2. The van der Waals surface area contributed by atoms with Crippen LogP contribution in [0.4, 0.5) is 0 Å². The van der Waals surface area contributed by atoms with E-state index in [-0.39, 0.29) is 10.2 Å². The minimum absolute atomic E-state index is 0.126. The molecule has 0 unspecified atom stereocenters. The predicted octanol–water partition coefficient (Wildman–Crippen LogP) is 21.1. The van der Waals surface area contributed by atoms with Gasteiger partial charge in [-0.15, -0.1) is 102 Å². The minimum atomic E-state index is 0.126. The van der Waals surface area contributed by atoms with Crippen LogP contribution in [0.25, 0.3) is 78.0 Å². The molecule has 0 fully saturated rings. The second-order valence-electron chi connectivity index (χ2n) is 15.7. The van der Waals surface area contributed by atoms with E-state index < -0.39 is 0 Å². The minimum Gasteiger partial charge on any atom is -0.287 e. The maximum atomic E-state index is 11.7. The van der Waals surface area contributed by atoms with Crippen LogP contribution >= 0.6 is 126 Å². The maximum Gasteiger partial charge on any atom is 0.191 e. The molecule has 0 radical (unpaired) electrons.